The molecule has 0 saturated carbocycles. The molecule has 0 aliphatic heterocycles. The van der Waals surface area contributed by atoms with Crippen LogP contribution in [0.3, 0.4) is 0 Å². The van der Waals surface area contributed by atoms with Crippen LogP contribution in [0.1, 0.15) is 13.8 Å². The van der Waals surface area contributed by atoms with Gasteiger partial charge < -0.3 is 4.74 Å². The van der Waals surface area contributed by atoms with Gasteiger partial charge in [0.05, 0.1) is 5.73 Å². The summed E-state index contributed by atoms with van der Waals surface area (Å²) in [6, 6.07) is 10.4. The lowest BCUT2D eigenvalue weighted by atomic mass is 10.2. The summed E-state index contributed by atoms with van der Waals surface area (Å²) in [7, 11) is -1.75. The van der Waals surface area contributed by atoms with Crippen LogP contribution in [-0.4, -0.2) is 20.3 Å². The topological polar surface area (TPSA) is 26.3 Å². The first-order valence-electron chi connectivity index (χ1n) is 5.64. The van der Waals surface area contributed by atoms with Crippen molar-refractivity contribution in [2.45, 2.75) is 32.7 Å². The van der Waals surface area contributed by atoms with E-state index >= 15 is 0 Å². The number of hydrogen-bond acceptors (Lipinski definition) is 2. The first kappa shape index (κ1) is 13.0. The molecular formula is C13H20O2Si. The van der Waals surface area contributed by atoms with Crippen LogP contribution in [0, 0.1) is 5.92 Å². The zero-order valence-electron chi connectivity index (χ0n) is 10.4. The van der Waals surface area contributed by atoms with Crippen molar-refractivity contribution in [1.29, 1.82) is 0 Å². The van der Waals surface area contributed by atoms with Gasteiger partial charge in [0.2, 0.25) is 0 Å². The van der Waals surface area contributed by atoms with Gasteiger partial charge in [0.25, 0.3) is 6.47 Å². The molecule has 1 unspecified atom stereocenters. The normalized spacial score (nSPS) is 13.6. The molecule has 0 saturated heterocycles. The van der Waals surface area contributed by atoms with E-state index in [4.69, 9.17) is 4.74 Å². The Morgan fingerprint density at radius 2 is 1.75 bits per heavy atom. The summed E-state index contributed by atoms with van der Waals surface area (Å²) in [5.41, 5.74) is 0.0346. The minimum atomic E-state index is -1.75. The molecular weight excluding hydrogens is 216 g/mol. The SMILES string of the molecule is CC(C)C(OC=O)[Si](C)(C)c1ccccc1. The Kier molecular flexibility index (Phi) is 4.30. The number of benzene rings is 1. The Bertz CT molecular complexity index is 333. The lowest BCUT2D eigenvalue weighted by Crippen LogP contribution is -2.55. The van der Waals surface area contributed by atoms with Gasteiger partial charge in [-0.3, -0.25) is 4.79 Å². The summed E-state index contributed by atoms with van der Waals surface area (Å²) in [5, 5.41) is 1.33. The molecule has 0 bridgehead atoms. The van der Waals surface area contributed by atoms with Gasteiger partial charge in [-0.15, -0.1) is 0 Å². The first-order valence-corrected chi connectivity index (χ1v) is 8.72. The van der Waals surface area contributed by atoms with Gasteiger partial charge in [0.15, 0.2) is 0 Å². The Labute approximate surface area is 98.6 Å². The molecule has 0 radical (unpaired) electrons. The molecule has 0 aliphatic carbocycles. The molecule has 1 aromatic rings. The maximum absolute atomic E-state index is 10.6. The molecule has 0 aliphatic rings. The van der Waals surface area contributed by atoms with Gasteiger partial charge in [0, 0.05) is 0 Å². The zero-order valence-corrected chi connectivity index (χ0v) is 11.4. The second kappa shape index (κ2) is 5.30. The maximum atomic E-state index is 10.6. The summed E-state index contributed by atoms with van der Waals surface area (Å²) in [5.74, 6) is 0.354. The summed E-state index contributed by atoms with van der Waals surface area (Å²) >= 11 is 0. The fourth-order valence-electron chi connectivity index (χ4n) is 2.25. The largest absolute Gasteiger partial charge is 0.468 e. The van der Waals surface area contributed by atoms with Crippen LogP contribution in [-0.2, 0) is 9.53 Å². The highest BCUT2D eigenvalue weighted by atomic mass is 28.3. The highest BCUT2D eigenvalue weighted by Gasteiger charge is 2.37. The second-order valence-electron chi connectivity index (χ2n) is 4.98. The monoisotopic (exact) mass is 236 g/mol. The fourth-order valence-corrected chi connectivity index (χ4v) is 5.69. The quantitative estimate of drug-likeness (QED) is 0.579. The minimum absolute atomic E-state index is 0.0346. The molecule has 0 fully saturated rings. The van der Waals surface area contributed by atoms with Gasteiger partial charge in [-0.1, -0.05) is 62.5 Å². The molecule has 2 nitrogen and oxygen atoms in total. The lowest BCUT2D eigenvalue weighted by molar-refractivity contribution is -0.132. The number of hydrogen-bond donors (Lipinski definition) is 0. The number of carbonyl (C=O) groups is 1. The average molecular weight is 236 g/mol. The van der Waals surface area contributed by atoms with Gasteiger partial charge in [0.1, 0.15) is 8.07 Å². The standard InChI is InChI=1S/C13H20O2Si/c1-11(2)13(15-10-14)16(3,4)12-8-6-5-7-9-12/h5-11,13H,1-4H3. The molecule has 3 heteroatoms. The molecule has 0 N–H and O–H groups in total. The van der Waals surface area contributed by atoms with Crippen LogP contribution in [0.15, 0.2) is 30.3 Å². The Hall–Kier alpha value is -1.09. The van der Waals surface area contributed by atoms with E-state index in [0.717, 1.165) is 0 Å². The van der Waals surface area contributed by atoms with Crippen LogP contribution in [0.25, 0.3) is 0 Å². The van der Waals surface area contributed by atoms with E-state index < -0.39 is 8.07 Å². The Morgan fingerprint density at radius 1 is 1.19 bits per heavy atom. The van der Waals surface area contributed by atoms with Crippen molar-refractivity contribution in [3.8, 4) is 0 Å². The van der Waals surface area contributed by atoms with Crippen LogP contribution in [0.4, 0.5) is 0 Å². The predicted molar refractivity (Wildman–Crippen MR) is 69.3 cm³/mol. The van der Waals surface area contributed by atoms with Crippen molar-refractivity contribution in [2.75, 3.05) is 0 Å². The number of ether oxygens (including phenoxy) is 1. The highest BCUT2D eigenvalue weighted by Crippen LogP contribution is 2.19. The molecule has 1 aromatic carbocycles. The molecule has 0 aromatic heterocycles. The average Bonchev–Trinajstić information content (AvgIpc) is 2.26. The summed E-state index contributed by atoms with van der Waals surface area (Å²) < 4.78 is 5.30. The Morgan fingerprint density at radius 3 is 2.19 bits per heavy atom. The van der Waals surface area contributed by atoms with Gasteiger partial charge in [-0.05, 0) is 5.92 Å². The van der Waals surface area contributed by atoms with Gasteiger partial charge in [-0.25, -0.2) is 0 Å². The van der Waals surface area contributed by atoms with Crippen LogP contribution in [0.2, 0.25) is 13.1 Å². The number of rotatable bonds is 5. The van der Waals surface area contributed by atoms with E-state index in [1.54, 1.807) is 0 Å². The molecule has 16 heavy (non-hydrogen) atoms. The molecule has 88 valence electrons. The fraction of sp³-hybridized carbons (Fsp3) is 0.462. The predicted octanol–water partition coefficient (Wildman–Crippen LogP) is 2.34. The minimum Gasteiger partial charge on any atom is -0.468 e. The third-order valence-electron chi connectivity index (χ3n) is 3.04. The molecule has 1 rings (SSSR count). The van der Waals surface area contributed by atoms with Gasteiger partial charge >= 0.3 is 0 Å². The van der Waals surface area contributed by atoms with Crippen molar-refractivity contribution in [2.24, 2.45) is 5.92 Å². The van der Waals surface area contributed by atoms with Crippen molar-refractivity contribution in [3.63, 3.8) is 0 Å². The van der Waals surface area contributed by atoms with Gasteiger partial charge in [-0.2, -0.15) is 0 Å². The third-order valence-corrected chi connectivity index (χ3v) is 7.08. The second-order valence-corrected chi connectivity index (χ2v) is 9.57. The zero-order chi connectivity index (χ0) is 12.2. The van der Waals surface area contributed by atoms with Crippen molar-refractivity contribution < 1.29 is 9.53 Å². The highest BCUT2D eigenvalue weighted by molar-refractivity contribution is 6.90. The summed E-state index contributed by atoms with van der Waals surface area (Å²) in [4.78, 5) is 10.6. The van der Waals surface area contributed by atoms with E-state index in [2.05, 4.69) is 39.1 Å². The summed E-state index contributed by atoms with van der Waals surface area (Å²) in [6.07, 6.45) is 0. The Balaban J connectivity index is 3.02. The smallest absolute Gasteiger partial charge is 0.293 e. The summed E-state index contributed by atoms with van der Waals surface area (Å²) in [6.45, 7) is 9.28. The molecule has 0 spiro atoms. The van der Waals surface area contributed by atoms with E-state index in [-0.39, 0.29) is 5.73 Å². The number of carbonyl (C=O) groups excluding carboxylic acids is 1. The lowest BCUT2D eigenvalue weighted by Gasteiger charge is -2.34. The van der Waals surface area contributed by atoms with E-state index in [0.29, 0.717) is 12.4 Å². The maximum Gasteiger partial charge on any atom is 0.293 e. The van der Waals surface area contributed by atoms with Crippen molar-refractivity contribution >= 4 is 19.7 Å². The first-order chi connectivity index (χ1) is 7.50. The third kappa shape index (κ3) is 2.73. The van der Waals surface area contributed by atoms with Crippen molar-refractivity contribution in [3.05, 3.63) is 30.3 Å². The molecule has 0 heterocycles. The van der Waals surface area contributed by atoms with E-state index in [9.17, 15) is 4.79 Å². The van der Waals surface area contributed by atoms with E-state index in [1.807, 2.05) is 18.2 Å². The van der Waals surface area contributed by atoms with Crippen molar-refractivity contribution in [1.82, 2.24) is 0 Å². The van der Waals surface area contributed by atoms with Crippen LogP contribution < -0.4 is 5.19 Å². The van der Waals surface area contributed by atoms with Crippen LogP contribution >= 0.6 is 0 Å². The molecule has 0 amide bonds. The van der Waals surface area contributed by atoms with E-state index in [1.165, 1.54) is 5.19 Å². The van der Waals surface area contributed by atoms with Crippen LogP contribution in [0.5, 0.6) is 0 Å². The molecule has 1 atom stereocenters.